The number of allylic oxidation sites excluding steroid dienone is 4. The lowest BCUT2D eigenvalue weighted by Crippen LogP contribution is -2.41. The molecule has 0 spiro atoms. The Labute approximate surface area is 292 Å². The first-order chi connectivity index (χ1) is 23.6. The van der Waals surface area contributed by atoms with E-state index in [-0.39, 0.29) is 46.9 Å². The minimum Gasteiger partial charge on any atom is -0.497 e. The molecule has 1 heterocycles. The van der Waals surface area contributed by atoms with Crippen molar-refractivity contribution in [2.24, 2.45) is 23.3 Å². The van der Waals surface area contributed by atoms with E-state index in [1.54, 1.807) is 38.1 Å². The molecule has 3 rings (SSSR count). The molecule has 0 radical (unpaired) electrons. The van der Waals surface area contributed by atoms with Gasteiger partial charge in [0, 0.05) is 42.9 Å². The number of methoxy groups -OCH3 is 3. The van der Waals surface area contributed by atoms with Gasteiger partial charge in [-0.2, -0.15) is 0 Å². The zero-order valence-electron chi connectivity index (χ0n) is 29.5. The lowest BCUT2D eigenvalue weighted by atomic mass is 9.85. The molecule has 0 saturated heterocycles. The molecule has 0 fully saturated rings. The number of amides is 2. The molecule has 6 atom stereocenters. The van der Waals surface area contributed by atoms with Crippen LogP contribution in [0.2, 0.25) is 0 Å². The van der Waals surface area contributed by atoms with Crippen molar-refractivity contribution in [1.29, 1.82) is 0 Å². The van der Waals surface area contributed by atoms with Gasteiger partial charge in [-0.1, -0.05) is 38.2 Å². The monoisotopic (exact) mass is 693 g/mol. The normalized spacial score (nSPS) is 26.5. The second kappa shape index (κ2) is 17.7. The molecule has 0 aromatic heterocycles. The Balaban J connectivity index is 2.18. The second-order valence-electron chi connectivity index (χ2n) is 12.5. The lowest BCUT2D eigenvalue weighted by Gasteiger charge is -2.30. The van der Waals surface area contributed by atoms with Gasteiger partial charge in [0.2, 0.25) is 11.6 Å². The van der Waals surface area contributed by atoms with Gasteiger partial charge in [-0.15, -0.1) is 0 Å². The van der Waals surface area contributed by atoms with Crippen LogP contribution < -0.4 is 16.2 Å². The summed E-state index contributed by atoms with van der Waals surface area (Å²) in [5.41, 5.74) is 11.9. The highest BCUT2D eigenvalue weighted by atomic mass is 16.6. The lowest BCUT2D eigenvalue weighted by molar-refractivity contribution is -0.128. The number of nitrogens with two attached hydrogens (primary N) is 2. The molecule has 1 aliphatic carbocycles. The van der Waals surface area contributed by atoms with E-state index in [1.165, 1.54) is 52.5 Å². The third-order valence-corrected chi connectivity index (χ3v) is 8.80. The number of ether oxygens (including phenoxy) is 4. The first-order valence-corrected chi connectivity index (χ1v) is 16.1. The average molecular weight is 694 g/mol. The molecule has 1 aromatic rings. The third kappa shape index (κ3) is 9.65. The number of aliphatic hydroxyl groups is 1. The van der Waals surface area contributed by atoms with E-state index in [0.717, 1.165) is 11.0 Å². The Morgan fingerprint density at radius 3 is 2.26 bits per heavy atom. The van der Waals surface area contributed by atoms with Crippen LogP contribution in [0.25, 0.3) is 0 Å². The second-order valence-corrected chi connectivity index (χ2v) is 12.5. The molecular weight excluding hydrogens is 646 g/mol. The zero-order chi connectivity index (χ0) is 37.3. The highest BCUT2D eigenvalue weighted by molar-refractivity contribution is 6.23. The number of hydrogen-bond acceptors (Lipinski definition) is 11. The van der Waals surface area contributed by atoms with Crippen molar-refractivity contribution in [3.63, 3.8) is 0 Å². The number of rotatable bonds is 7. The highest BCUT2D eigenvalue weighted by Gasteiger charge is 2.36. The summed E-state index contributed by atoms with van der Waals surface area (Å²) in [7, 11) is 4.34. The number of aliphatic hydroxyl groups excluding tert-OH is 1. The molecule has 0 saturated carbocycles. The molecule has 50 heavy (non-hydrogen) atoms. The Kier molecular flexibility index (Phi) is 14.0. The third-order valence-electron chi connectivity index (χ3n) is 8.80. The maximum atomic E-state index is 14.1. The van der Waals surface area contributed by atoms with Gasteiger partial charge in [0.25, 0.3) is 5.91 Å². The number of Topliss-reactive ketones (excluding diaryl/α,β-unsaturated/α-hetero) is 2. The zero-order valence-corrected chi connectivity index (χ0v) is 29.5. The van der Waals surface area contributed by atoms with Crippen molar-refractivity contribution in [3.8, 4) is 5.75 Å². The van der Waals surface area contributed by atoms with Gasteiger partial charge in [-0.05, 0) is 62.4 Å². The minimum atomic E-state index is -1.04. The molecule has 13 nitrogen and oxygen atoms in total. The fourth-order valence-corrected chi connectivity index (χ4v) is 5.97. The summed E-state index contributed by atoms with van der Waals surface area (Å²) in [5.74, 6) is -2.88. The van der Waals surface area contributed by atoms with Crippen LogP contribution >= 0.6 is 0 Å². The Hall–Kier alpha value is -4.85. The number of benzene rings is 1. The molecule has 2 bridgehead atoms. The Morgan fingerprint density at radius 2 is 1.68 bits per heavy atom. The topological polar surface area (TPSA) is 198 Å². The minimum absolute atomic E-state index is 0.00310. The van der Waals surface area contributed by atoms with E-state index < -0.39 is 66.2 Å². The van der Waals surface area contributed by atoms with E-state index in [1.807, 2.05) is 6.92 Å². The van der Waals surface area contributed by atoms with Crippen molar-refractivity contribution < 1.29 is 48.0 Å². The number of primary amides is 1. The largest absolute Gasteiger partial charge is 0.497 e. The van der Waals surface area contributed by atoms with E-state index in [9.17, 15) is 29.1 Å². The van der Waals surface area contributed by atoms with Crippen LogP contribution in [-0.2, 0) is 28.6 Å². The van der Waals surface area contributed by atoms with E-state index in [4.69, 9.17) is 30.4 Å². The number of ketones is 3. The van der Waals surface area contributed by atoms with Crippen molar-refractivity contribution >= 4 is 29.4 Å². The van der Waals surface area contributed by atoms with Crippen LogP contribution in [0, 0.1) is 11.8 Å². The molecule has 5 N–H and O–H groups in total. The van der Waals surface area contributed by atoms with Crippen molar-refractivity contribution in [2.45, 2.75) is 65.0 Å². The van der Waals surface area contributed by atoms with Crippen LogP contribution in [0.1, 0.15) is 50.9 Å². The quantitative estimate of drug-likeness (QED) is 0.215. The van der Waals surface area contributed by atoms with Crippen LogP contribution in [0.5, 0.6) is 5.75 Å². The molecule has 0 unspecified atom stereocenters. The van der Waals surface area contributed by atoms with Crippen LogP contribution in [-0.4, -0.2) is 91.6 Å². The van der Waals surface area contributed by atoms with Crippen LogP contribution in [0.4, 0.5) is 4.79 Å². The SMILES string of the molecule is COc1ccc(C(=O)CN2C(=O)C(C)=C/C=C\[C@H](OC)[C@@H](OC(N)=O)C(C)=C[C@H](C)[C@@H](O)[C@@H](OC)C[C@H](C)CC3=C(N)C(=O)C=C2C3=O)cc1. The first-order valence-electron chi connectivity index (χ1n) is 16.1. The standard InChI is InChI=1S/C37H47N3O10/c1-20-15-26-32(38)28(41)18-27(34(26)44)40(19-29(42)24-11-13-25(47-5)14-12-24)36(45)21(2)9-8-10-30(48-6)35(50-37(39)46)23(4)17-22(3)33(43)31(16-20)49-7/h8-14,17-18,20,22,30-31,33,35,43H,15-16,19,38H2,1-7H3,(H2,39,46)/b10-8-,21-9?,23-17?/t20-,22+,30+,31+,33-,35+/m1/s1. The number of carbonyl (C=O) groups excluding carboxylic acids is 5. The molecule has 13 heteroatoms. The predicted octanol–water partition coefficient (Wildman–Crippen LogP) is 3.32. The summed E-state index contributed by atoms with van der Waals surface area (Å²) < 4.78 is 21.8. The summed E-state index contributed by atoms with van der Waals surface area (Å²) in [6.45, 7) is 6.21. The molecule has 270 valence electrons. The van der Waals surface area contributed by atoms with E-state index in [2.05, 4.69) is 0 Å². The van der Waals surface area contributed by atoms with Gasteiger partial charge in [-0.3, -0.25) is 24.1 Å². The van der Waals surface area contributed by atoms with Crippen molar-refractivity contribution in [3.05, 3.63) is 88.3 Å². The summed E-state index contributed by atoms with van der Waals surface area (Å²) in [5, 5.41) is 11.3. The number of carbonyl (C=O) groups is 5. The predicted molar refractivity (Wildman–Crippen MR) is 185 cm³/mol. The van der Waals surface area contributed by atoms with E-state index in [0.29, 0.717) is 11.3 Å². The number of nitrogens with zero attached hydrogens (tertiary/aromatic N) is 1. The maximum Gasteiger partial charge on any atom is 0.405 e. The fourth-order valence-electron chi connectivity index (χ4n) is 5.97. The van der Waals surface area contributed by atoms with Crippen LogP contribution in [0.3, 0.4) is 0 Å². The number of hydrogen-bond donors (Lipinski definition) is 3. The number of fused-ring (bicyclic) bond motifs is 2. The Morgan fingerprint density at radius 1 is 1.02 bits per heavy atom. The van der Waals surface area contributed by atoms with Gasteiger partial charge in [0.1, 0.15) is 11.9 Å². The van der Waals surface area contributed by atoms with Gasteiger partial charge in [0.05, 0.1) is 37.3 Å². The van der Waals surface area contributed by atoms with Gasteiger partial charge < -0.3 is 35.5 Å². The van der Waals surface area contributed by atoms with Gasteiger partial charge >= 0.3 is 6.09 Å². The molecular formula is C37H47N3O10. The summed E-state index contributed by atoms with van der Waals surface area (Å²) in [4.78, 5) is 67.7. The average Bonchev–Trinajstić information content (AvgIpc) is 3.09. The summed E-state index contributed by atoms with van der Waals surface area (Å²) >= 11 is 0. The van der Waals surface area contributed by atoms with Gasteiger partial charge in [-0.25, -0.2) is 4.79 Å². The highest BCUT2D eigenvalue weighted by Crippen LogP contribution is 2.30. The first kappa shape index (κ1) is 39.6. The van der Waals surface area contributed by atoms with Crippen LogP contribution in [0.15, 0.2) is 82.8 Å². The fraction of sp³-hybridized carbons (Fsp3) is 0.432. The molecule has 2 aliphatic rings. The maximum absolute atomic E-state index is 14.1. The molecule has 1 aromatic carbocycles. The van der Waals surface area contributed by atoms with E-state index >= 15 is 0 Å². The van der Waals surface area contributed by atoms with Crippen molar-refractivity contribution in [2.75, 3.05) is 27.9 Å². The molecule has 2 amide bonds. The summed E-state index contributed by atoms with van der Waals surface area (Å²) in [6, 6.07) is 6.24. The smallest absolute Gasteiger partial charge is 0.405 e. The summed E-state index contributed by atoms with van der Waals surface area (Å²) in [6.07, 6.45) is 2.82. The Bertz CT molecular complexity index is 1620. The molecule has 1 aliphatic heterocycles. The van der Waals surface area contributed by atoms with Crippen molar-refractivity contribution in [1.82, 2.24) is 4.90 Å². The van der Waals surface area contributed by atoms with Gasteiger partial charge in [0.15, 0.2) is 11.9 Å².